The minimum Gasteiger partial charge on any atom is -0.320 e. The molecule has 3 fully saturated rings. The molecule has 0 spiro atoms. The van der Waals surface area contributed by atoms with Gasteiger partial charge in [-0.25, -0.2) is 0 Å². The summed E-state index contributed by atoms with van der Waals surface area (Å²) in [5, 5.41) is 8.50. The third kappa shape index (κ3) is 1.84. The number of quaternary nitrogens is 1. The highest BCUT2D eigenvalue weighted by Gasteiger charge is 2.37. The van der Waals surface area contributed by atoms with Gasteiger partial charge in [0.05, 0.1) is 32.2 Å². The Kier molecular flexibility index (Phi) is 2.52. The largest absolute Gasteiger partial charge is 0.320 e. The van der Waals surface area contributed by atoms with Gasteiger partial charge >= 0.3 is 0 Å². The van der Waals surface area contributed by atoms with Crippen molar-refractivity contribution in [3.8, 4) is 6.07 Å². The SMILES string of the molecule is N#CCCC[N+]12CCN(CC1)CC2. The second-order valence-corrected chi connectivity index (χ2v) is 4.34. The molecule has 3 heterocycles. The maximum absolute atomic E-state index is 8.50. The Morgan fingerprint density at radius 2 is 1.77 bits per heavy atom. The molecule has 0 unspecified atom stereocenters. The molecule has 0 aromatic carbocycles. The molecule has 0 aromatic heterocycles. The monoisotopic (exact) mass is 180 g/mol. The van der Waals surface area contributed by atoms with Gasteiger partial charge in [-0.1, -0.05) is 0 Å². The van der Waals surface area contributed by atoms with Gasteiger partial charge in [0.2, 0.25) is 0 Å². The van der Waals surface area contributed by atoms with Gasteiger partial charge in [0.1, 0.15) is 0 Å². The first-order valence-electron chi connectivity index (χ1n) is 5.29. The van der Waals surface area contributed by atoms with E-state index in [0.717, 1.165) is 12.8 Å². The number of unbranched alkanes of at least 4 members (excludes halogenated alkanes) is 1. The summed E-state index contributed by atoms with van der Waals surface area (Å²) >= 11 is 0. The Hall–Kier alpha value is -0.590. The van der Waals surface area contributed by atoms with Crippen LogP contribution in [0.3, 0.4) is 0 Å². The zero-order chi connectivity index (χ0) is 9.15. The lowest BCUT2D eigenvalue weighted by molar-refractivity contribution is -0.941. The van der Waals surface area contributed by atoms with Crippen molar-refractivity contribution in [2.45, 2.75) is 12.8 Å². The van der Waals surface area contributed by atoms with Crippen LogP contribution in [0.1, 0.15) is 12.8 Å². The highest BCUT2D eigenvalue weighted by molar-refractivity contribution is 4.73. The minimum atomic E-state index is 0.740. The van der Waals surface area contributed by atoms with Crippen LogP contribution in [0.25, 0.3) is 0 Å². The van der Waals surface area contributed by atoms with E-state index >= 15 is 0 Å². The quantitative estimate of drug-likeness (QED) is 0.465. The first-order valence-corrected chi connectivity index (χ1v) is 5.29. The van der Waals surface area contributed by atoms with Crippen molar-refractivity contribution in [1.82, 2.24) is 4.90 Å². The lowest BCUT2D eigenvalue weighted by Gasteiger charge is -2.50. The summed E-state index contributed by atoms with van der Waals surface area (Å²) in [6, 6.07) is 2.24. The summed E-state index contributed by atoms with van der Waals surface area (Å²) in [6.07, 6.45) is 1.83. The van der Waals surface area contributed by atoms with E-state index in [-0.39, 0.29) is 0 Å². The van der Waals surface area contributed by atoms with Crippen molar-refractivity contribution in [2.75, 3.05) is 45.8 Å². The second-order valence-electron chi connectivity index (χ2n) is 4.34. The minimum absolute atomic E-state index is 0.740. The Morgan fingerprint density at radius 1 is 1.15 bits per heavy atom. The third-order valence-electron chi connectivity index (χ3n) is 3.59. The van der Waals surface area contributed by atoms with E-state index < -0.39 is 0 Å². The maximum atomic E-state index is 8.50. The van der Waals surface area contributed by atoms with Gasteiger partial charge in [-0.3, -0.25) is 4.90 Å². The molecular formula is C10H18N3+. The zero-order valence-corrected chi connectivity index (χ0v) is 8.21. The van der Waals surface area contributed by atoms with E-state index in [1.807, 2.05) is 0 Å². The molecule has 72 valence electrons. The molecule has 3 saturated heterocycles. The van der Waals surface area contributed by atoms with Crippen LogP contribution in [0.15, 0.2) is 0 Å². The number of hydrogen-bond donors (Lipinski definition) is 0. The molecule has 0 amide bonds. The molecule has 3 rings (SSSR count). The van der Waals surface area contributed by atoms with Gasteiger partial charge in [-0.15, -0.1) is 0 Å². The Balaban J connectivity index is 1.85. The van der Waals surface area contributed by atoms with Gasteiger partial charge < -0.3 is 4.48 Å². The van der Waals surface area contributed by atoms with Gasteiger partial charge in [0.15, 0.2) is 0 Å². The Morgan fingerprint density at radius 3 is 2.31 bits per heavy atom. The van der Waals surface area contributed by atoms with Crippen LogP contribution in [0.5, 0.6) is 0 Å². The summed E-state index contributed by atoms with van der Waals surface area (Å²) in [5.74, 6) is 0. The Bertz CT molecular complexity index is 197. The van der Waals surface area contributed by atoms with Crippen LogP contribution in [0, 0.1) is 11.3 Å². The van der Waals surface area contributed by atoms with Crippen molar-refractivity contribution >= 4 is 0 Å². The molecule has 0 radical (unpaired) electrons. The predicted molar refractivity (Wildman–Crippen MR) is 51.0 cm³/mol. The summed E-state index contributed by atoms with van der Waals surface area (Å²) in [7, 11) is 0. The molecule has 0 saturated carbocycles. The van der Waals surface area contributed by atoms with E-state index in [4.69, 9.17) is 5.26 Å². The fourth-order valence-electron chi connectivity index (χ4n) is 2.56. The molecule has 2 bridgehead atoms. The van der Waals surface area contributed by atoms with Gasteiger partial charge in [0, 0.05) is 32.5 Å². The zero-order valence-electron chi connectivity index (χ0n) is 8.21. The molecule has 3 nitrogen and oxygen atoms in total. The summed E-state index contributed by atoms with van der Waals surface area (Å²) < 4.78 is 1.30. The summed E-state index contributed by atoms with van der Waals surface area (Å²) in [6.45, 7) is 9.06. The molecule has 3 heteroatoms. The predicted octanol–water partition coefficient (Wildman–Crippen LogP) is 0.436. The molecule has 0 aromatic rings. The third-order valence-corrected chi connectivity index (χ3v) is 3.59. The first-order chi connectivity index (χ1) is 6.35. The number of nitriles is 1. The van der Waals surface area contributed by atoms with Crippen LogP contribution in [-0.4, -0.2) is 55.2 Å². The van der Waals surface area contributed by atoms with Crippen molar-refractivity contribution in [3.63, 3.8) is 0 Å². The molecule has 13 heavy (non-hydrogen) atoms. The van der Waals surface area contributed by atoms with Crippen molar-refractivity contribution < 1.29 is 4.48 Å². The first kappa shape index (κ1) is 8.98. The topological polar surface area (TPSA) is 27.0 Å². The summed E-state index contributed by atoms with van der Waals surface area (Å²) in [4.78, 5) is 2.56. The number of nitrogens with zero attached hydrogens (tertiary/aromatic N) is 3. The number of rotatable bonds is 3. The normalized spacial score (nSPS) is 37.3. The fourth-order valence-corrected chi connectivity index (χ4v) is 2.56. The van der Waals surface area contributed by atoms with Gasteiger partial charge in [-0.05, 0) is 0 Å². The lowest BCUT2D eigenvalue weighted by atomic mass is 10.1. The van der Waals surface area contributed by atoms with E-state index in [0.29, 0.717) is 0 Å². The van der Waals surface area contributed by atoms with Crippen molar-refractivity contribution in [1.29, 1.82) is 5.26 Å². The van der Waals surface area contributed by atoms with E-state index in [1.165, 1.54) is 50.3 Å². The summed E-state index contributed by atoms with van der Waals surface area (Å²) in [5.41, 5.74) is 0. The second kappa shape index (κ2) is 3.65. The average molecular weight is 180 g/mol. The maximum Gasteiger partial charge on any atom is 0.0916 e. The van der Waals surface area contributed by atoms with Crippen LogP contribution >= 0.6 is 0 Å². The molecule has 3 aliphatic heterocycles. The molecule has 0 N–H and O–H groups in total. The number of fused-ring (bicyclic) bond motifs is 3. The molecule has 0 aliphatic carbocycles. The standard InChI is InChI=1S/C10H18N3/c11-3-1-2-7-13-8-4-12(5-9-13)6-10-13/h1-2,4-10H2/q+1. The Labute approximate surface area is 80.1 Å². The molecule has 3 aliphatic rings. The van der Waals surface area contributed by atoms with Crippen LogP contribution in [0.2, 0.25) is 0 Å². The van der Waals surface area contributed by atoms with Crippen LogP contribution in [0.4, 0.5) is 0 Å². The van der Waals surface area contributed by atoms with E-state index in [1.54, 1.807) is 0 Å². The molecule has 0 atom stereocenters. The average Bonchev–Trinajstić information content (AvgIpc) is 2.21. The van der Waals surface area contributed by atoms with Crippen LogP contribution in [-0.2, 0) is 0 Å². The number of piperazine rings is 3. The number of hydrogen-bond acceptors (Lipinski definition) is 2. The van der Waals surface area contributed by atoms with Crippen LogP contribution < -0.4 is 0 Å². The van der Waals surface area contributed by atoms with Gasteiger partial charge in [-0.2, -0.15) is 5.26 Å². The highest BCUT2D eigenvalue weighted by Crippen LogP contribution is 2.19. The lowest BCUT2D eigenvalue weighted by Crippen LogP contribution is -2.67. The van der Waals surface area contributed by atoms with E-state index in [9.17, 15) is 0 Å². The van der Waals surface area contributed by atoms with Crippen molar-refractivity contribution in [2.24, 2.45) is 0 Å². The van der Waals surface area contributed by atoms with Crippen molar-refractivity contribution in [3.05, 3.63) is 0 Å². The highest BCUT2D eigenvalue weighted by atomic mass is 15.4. The van der Waals surface area contributed by atoms with Gasteiger partial charge in [0.25, 0.3) is 0 Å². The smallest absolute Gasteiger partial charge is 0.0916 e. The molecular weight excluding hydrogens is 162 g/mol. The fraction of sp³-hybridized carbons (Fsp3) is 0.900. The van der Waals surface area contributed by atoms with E-state index in [2.05, 4.69) is 11.0 Å².